The van der Waals surface area contributed by atoms with Gasteiger partial charge in [0.2, 0.25) is 0 Å². The fourth-order valence-corrected chi connectivity index (χ4v) is 11.9. The third kappa shape index (κ3) is 19.6. The van der Waals surface area contributed by atoms with Crippen molar-refractivity contribution in [1.29, 1.82) is 0 Å². The van der Waals surface area contributed by atoms with E-state index in [2.05, 4.69) is 13.8 Å². The van der Waals surface area contributed by atoms with Crippen LogP contribution in [0.4, 0.5) is 0 Å². The number of esters is 4. The molecule has 6 saturated heterocycles. The van der Waals surface area contributed by atoms with Gasteiger partial charge in [-0.05, 0) is 66.7 Å². The maximum atomic E-state index is 14.1. The topological polar surface area (TPSA) is 339 Å². The van der Waals surface area contributed by atoms with Crippen LogP contribution in [-0.2, 0) is 85.5 Å². The van der Waals surface area contributed by atoms with Crippen LogP contribution in [0.2, 0.25) is 0 Å². The molecule has 0 radical (unpaired) electrons. The van der Waals surface area contributed by atoms with Crippen LogP contribution in [-0.4, -0.2) is 219 Å². The molecular weight excluding hydrogens is 1130 g/mol. The molecule has 0 aromatic heterocycles. The minimum atomic E-state index is -1.92. The molecule has 6 fully saturated rings. The van der Waals surface area contributed by atoms with Crippen LogP contribution in [0.15, 0.2) is 0 Å². The molecule has 0 amide bonds. The fourth-order valence-electron chi connectivity index (χ4n) is 11.9. The molecule has 6 rings (SSSR count). The number of carbonyl (C=O) groups is 4. The van der Waals surface area contributed by atoms with Crippen molar-refractivity contribution in [2.24, 2.45) is 5.92 Å². The number of carbonyl (C=O) groups excluding carboxylic acids is 4. The first-order valence-corrected chi connectivity index (χ1v) is 32.1. The number of hydrogen-bond donors (Lipinski definition) is 7. The molecule has 6 aliphatic heterocycles. The van der Waals surface area contributed by atoms with E-state index in [1.54, 1.807) is 20.8 Å². The summed E-state index contributed by atoms with van der Waals surface area (Å²) < 4.78 is 88.3. The summed E-state index contributed by atoms with van der Waals surface area (Å²) in [6, 6.07) is 0. The minimum Gasteiger partial charge on any atom is -0.457 e. The van der Waals surface area contributed by atoms with Crippen LogP contribution >= 0.6 is 0 Å². The summed E-state index contributed by atoms with van der Waals surface area (Å²) in [4.78, 5) is 53.8. The first kappa shape index (κ1) is 72.3. The minimum absolute atomic E-state index is 0.0437. The van der Waals surface area contributed by atoms with E-state index >= 15 is 0 Å². The second-order valence-corrected chi connectivity index (χ2v) is 24.5. The molecule has 25 nitrogen and oxygen atoms in total. The van der Waals surface area contributed by atoms with Crippen LogP contribution in [0.25, 0.3) is 0 Å². The highest BCUT2D eigenvalue weighted by Crippen LogP contribution is 2.40. The Morgan fingerprint density at radius 1 is 0.488 bits per heavy atom. The van der Waals surface area contributed by atoms with Crippen molar-refractivity contribution in [2.75, 3.05) is 0 Å². The molecule has 0 aromatic rings. The lowest BCUT2D eigenvalue weighted by Gasteiger charge is -2.51. The van der Waals surface area contributed by atoms with Crippen LogP contribution in [0.1, 0.15) is 198 Å². The molecule has 25 heteroatoms. The normalized spacial score (nSPS) is 41.9. The third-order valence-electron chi connectivity index (χ3n) is 17.4. The maximum Gasteiger partial charge on any atom is 0.309 e. The zero-order chi connectivity index (χ0) is 62.9. The molecule has 0 saturated carbocycles. The summed E-state index contributed by atoms with van der Waals surface area (Å²) in [6.45, 7) is 16.3. The zero-order valence-corrected chi connectivity index (χ0v) is 52.2. The Morgan fingerprint density at radius 3 is 1.71 bits per heavy atom. The lowest BCUT2D eigenvalue weighted by molar-refractivity contribution is -0.399. The van der Waals surface area contributed by atoms with Gasteiger partial charge in [-0.3, -0.25) is 19.2 Å². The van der Waals surface area contributed by atoms with Crippen molar-refractivity contribution in [2.45, 2.75) is 357 Å². The van der Waals surface area contributed by atoms with Crippen molar-refractivity contribution < 1.29 is 121 Å². The molecule has 27 atom stereocenters. The molecule has 7 N–H and O–H groups in total. The summed E-state index contributed by atoms with van der Waals surface area (Å²) in [5, 5.41) is 80.6. The van der Waals surface area contributed by atoms with Gasteiger partial charge in [-0.1, -0.05) is 111 Å². The number of aliphatic hydroxyl groups is 7. The van der Waals surface area contributed by atoms with Crippen LogP contribution in [0, 0.1) is 5.92 Å². The summed E-state index contributed by atoms with van der Waals surface area (Å²) in [5.74, 6) is -3.60. The zero-order valence-electron chi connectivity index (χ0n) is 52.2. The van der Waals surface area contributed by atoms with Gasteiger partial charge in [0.25, 0.3) is 0 Å². The highest BCUT2D eigenvalue weighted by atomic mass is 16.8. The van der Waals surface area contributed by atoms with E-state index in [1.165, 1.54) is 34.6 Å². The first-order chi connectivity index (χ1) is 41.0. The summed E-state index contributed by atoms with van der Waals surface area (Å²) in [7, 11) is 0. The Bertz CT molecular complexity index is 2040. The molecule has 498 valence electrons. The second-order valence-electron chi connectivity index (χ2n) is 24.5. The number of ether oxygens (including phenoxy) is 14. The van der Waals surface area contributed by atoms with Crippen LogP contribution in [0.3, 0.4) is 0 Å². The van der Waals surface area contributed by atoms with E-state index in [4.69, 9.17) is 66.3 Å². The quantitative estimate of drug-likeness (QED) is 0.0477. The van der Waals surface area contributed by atoms with Crippen LogP contribution < -0.4 is 0 Å². The van der Waals surface area contributed by atoms with Crippen molar-refractivity contribution >= 4 is 23.9 Å². The maximum absolute atomic E-state index is 14.1. The largest absolute Gasteiger partial charge is 0.457 e. The molecule has 0 bridgehead atoms. The van der Waals surface area contributed by atoms with Gasteiger partial charge in [0.1, 0.15) is 61.0 Å². The monoisotopic (exact) mass is 1240 g/mol. The number of fused-ring (bicyclic) bond motifs is 2. The Balaban J connectivity index is 1.35. The first-order valence-electron chi connectivity index (χ1n) is 32.1. The summed E-state index contributed by atoms with van der Waals surface area (Å²) in [6.07, 6.45) is -23.7. The molecule has 6 heterocycles. The molecular formula is C61H104O25. The third-order valence-corrected chi connectivity index (χ3v) is 17.4. The van der Waals surface area contributed by atoms with Gasteiger partial charge in [-0.2, -0.15) is 0 Å². The fraction of sp³-hybridized carbons (Fsp3) is 0.934. The Kier molecular flexibility index (Phi) is 29.5. The van der Waals surface area contributed by atoms with Crippen molar-refractivity contribution in [3.63, 3.8) is 0 Å². The van der Waals surface area contributed by atoms with E-state index in [-0.39, 0.29) is 18.9 Å². The number of unbranched alkanes of at least 4 members (excludes halogenated alkanes) is 6. The van der Waals surface area contributed by atoms with Gasteiger partial charge in [-0.25, -0.2) is 0 Å². The predicted octanol–water partition coefficient (Wildman–Crippen LogP) is 4.34. The standard InChI is InChI=1S/C61H104O25/c1-11-14-16-20-25-29-39(63)80-48-34(7)75-58(46(70)44(48)68)84-50-36(9)77-61(55(82-56(72)31(4)13-3)53(50)85-57-45(69)43(67)41(65)32(5)73-57)83-49-35(8)76-59-52(47(49)71)81-40(64)30-26-22-19-17-18-21-24-28-38(27-23-15-12-2)79-60-54(86-59)51(78-37(10)62)42(66)33(6)74-60/h31-36,38,41-55,57-61,65-71H,11-30H2,1-10H3/t31-,32-,33+,34-,35-,36-,38-,41-,42-,43+,44-,45+,46+,47+,48-,49-,50-,51-,52+,53+,54+,55+,57-,58-,59-,60-,61-/m0/s1. The highest BCUT2D eigenvalue weighted by molar-refractivity contribution is 5.72. The van der Waals surface area contributed by atoms with Gasteiger partial charge in [0, 0.05) is 19.8 Å². The van der Waals surface area contributed by atoms with E-state index in [0.29, 0.717) is 32.1 Å². The Labute approximate surface area is 506 Å². The van der Waals surface area contributed by atoms with E-state index in [9.17, 15) is 54.9 Å². The van der Waals surface area contributed by atoms with Gasteiger partial charge in [-0.15, -0.1) is 0 Å². The molecule has 0 spiro atoms. The molecule has 6 aliphatic rings. The molecule has 86 heavy (non-hydrogen) atoms. The van der Waals surface area contributed by atoms with E-state index in [0.717, 1.165) is 83.5 Å². The number of rotatable bonds is 21. The van der Waals surface area contributed by atoms with E-state index in [1.807, 2.05) is 0 Å². The molecule has 0 aromatic carbocycles. The lowest BCUT2D eigenvalue weighted by Crippen LogP contribution is -2.68. The van der Waals surface area contributed by atoms with Crippen molar-refractivity contribution in [3.8, 4) is 0 Å². The molecule has 0 aliphatic carbocycles. The van der Waals surface area contributed by atoms with Crippen molar-refractivity contribution in [1.82, 2.24) is 0 Å². The van der Waals surface area contributed by atoms with Crippen molar-refractivity contribution in [3.05, 3.63) is 0 Å². The molecule has 0 unspecified atom stereocenters. The van der Waals surface area contributed by atoms with Gasteiger partial charge >= 0.3 is 23.9 Å². The SMILES string of the molecule is CCCCCCCC(=O)O[C@@H]1[C@@H](O)[C@@H](O)[C@H](O[C@@H]2[C@@H](O[C@@H]3O[C@@H](C)[C@H](O)[C@@H](O)[C@H]3O)[C@@H](OC(=O)[C@@H](C)CC)[C@H](O[C@@H]3[C@@H](O)[C@H]4OC(=O)CCCCCCCCC[C@H](CCCCC)O[C@@H]5O[C@H](C)[C@H](O)[C@H](OC(C)=O)[C@H]5O[C@@H]4O[C@H]3C)O[C@H]2C)O[C@H]1C. The second kappa shape index (κ2) is 35.1. The van der Waals surface area contributed by atoms with E-state index < -0.39 is 183 Å². The summed E-state index contributed by atoms with van der Waals surface area (Å²) in [5.41, 5.74) is 0. The average Bonchev–Trinajstić information content (AvgIpc) is 1.42. The number of hydrogen-bond acceptors (Lipinski definition) is 25. The van der Waals surface area contributed by atoms with Gasteiger partial charge < -0.3 is 102 Å². The summed E-state index contributed by atoms with van der Waals surface area (Å²) >= 11 is 0. The smallest absolute Gasteiger partial charge is 0.309 e. The Morgan fingerprint density at radius 2 is 1.03 bits per heavy atom. The average molecular weight is 1240 g/mol. The Hall–Kier alpha value is -2.80. The van der Waals surface area contributed by atoms with Gasteiger partial charge in [0.05, 0.1) is 42.5 Å². The highest BCUT2D eigenvalue weighted by Gasteiger charge is 2.59. The lowest BCUT2D eigenvalue weighted by atomic mass is 9.95. The van der Waals surface area contributed by atoms with Crippen LogP contribution in [0.5, 0.6) is 0 Å². The van der Waals surface area contributed by atoms with Gasteiger partial charge in [0.15, 0.2) is 62.0 Å². The number of aliphatic hydroxyl groups excluding tert-OH is 7. The predicted molar refractivity (Wildman–Crippen MR) is 302 cm³/mol.